The first-order valence-corrected chi connectivity index (χ1v) is 7.58. The third-order valence-corrected chi connectivity index (χ3v) is 3.96. The molecule has 0 aliphatic carbocycles. The van der Waals surface area contributed by atoms with E-state index in [-0.39, 0.29) is 18.0 Å². The molecule has 0 bridgehead atoms. The summed E-state index contributed by atoms with van der Waals surface area (Å²) >= 11 is 0. The quantitative estimate of drug-likeness (QED) is 0.943. The van der Waals surface area contributed by atoms with Gasteiger partial charge >= 0.3 is 6.03 Å². The Kier molecular flexibility index (Phi) is 4.57. The predicted octanol–water partition coefficient (Wildman–Crippen LogP) is 3.43. The molecule has 0 saturated heterocycles. The maximum atomic E-state index is 12.9. The van der Waals surface area contributed by atoms with E-state index in [1.807, 2.05) is 12.1 Å². The minimum Gasteiger partial charge on any atom is -0.371 e. The van der Waals surface area contributed by atoms with Gasteiger partial charge in [0.25, 0.3) is 0 Å². The lowest BCUT2D eigenvalue weighted by molar-refractivity contribution is 0.0159. The SMILES string of the molecule is CN(CC1Cc2ccccc2CO1)C(=O)Nc1ccc(F)cc1. The van der Waals surface area contributed by atoms with Crippen LogP contribution in [0.15, 0.2) is 48.5 Å². The van der Waals surface area contributed by atoms with Crippen molar-refractivity contribution in [2.45, 2.75) is 19.1 Å². The molecule has 4 nitrogen and oxygen atoms in total. The summed E-state index contributed by atoms with van der Waals surface area (Å²) in [6.07, 6.45) is 0.776. The maximum absolute atomic E-state index is 12.9. The second-order valence-corrected chi connectivity index (χ2v) is 5.72. The van der Waals surface area contributed by atoms with Crippen LogP contribution >= 0.6 is 0 Å². The number of amides is 2. The summed E-state index contributed by atoms with van der Waals surface area (Å²) in [4.78, 5) is 13.8. The Bertz CT molecular complexity index is 688. The van der Waals surface area contributed by atoms with Crippen LogP contribution in [0.2, 0.25) is 0 Å². The smallest absolute Gasteiger partial charge is 0.321 e. The van der Waals surface area contributed by atoms with Crippen molar-refractivity contribution in [3.8, 4) is 0 Å². The zero-order valence-corrected chi connectivity index (χ0v) is 13.0. The molecule has 1 atom stereocenters. The number of nitrogens with zero attached hydrogens (tertiary/aromatic N) is 1. The van der Waals surface area contributed by atoms with Crippen molar-refractivity contribution in [2.24, 2.45) is 0 Å². The van der Waals surface area contributed by atoms with E-state index in [0.717, 1.165) is 6.42 Å². The number of hydrogen-bond acceptors (Lipinski definition) is 2. The van der Waals surface area contributed by atoms with Gasteiger partial charge in [-0.15, -0.1) is 0 Å². The van der Waals surface area contributed by atoms with Gasteiger partial charge in [0.1, 0.15) is 5.82 Å². The minimum atomic E-state index is -0.328. The second-order valence-electron chi connectivity index (χ2n) is 5.72. The standard InChI is InChI=1S/C18H19FN2O2/c1-21(18(22)20-16-8-6-15(19)7-9-16)11-17-10-13-4-2-3-5-14(13)12-23-17/h2-9,17H,10-12H2,1H3,(H,20,22). The molecule has 1 unspecified atom stereocenters. The summed E-state index contributed by atoms with van der Waals surface area (Å²) in [5.74, 6) is -0.328. The molecule has 120 valence electrons. The first-order valence-electron chi connectivity index (χ1n) is 7.58. The lowest BCUT2D eigenvalue weighted by atomic mass is 9.99. The van der Waals surface area contributed by atoms with Gasteiger partial charge in [0, 0.05) is 25.7 Å². The van der Waals surface area contributed by atoms with E-state index >= 15 is 0 Å². The molecular weight excluding hydrogens is 295 g/mol. The number of fused-ring (bicyclic) bond motifs is 1. The number of halogens is 1. The highest BCUT2D eigenvalue weighted by Gasteiger charge is 2.22. The highest BCUT2D eigenvalue weighted by atomic mass is 19.1. The van der Waals surface area contributed by atoms with Crippen LogP contribution in [0, 0.1) is 5.82 Å². The number of urea groups is 1. The number of benzene rings is 2. The van der Waals surface area contributed by atoms with Crippen molar-refractivity contribution >= 4 is 11.7 Å². The molecule has 2 aromatic carbocycles. The third-order valence-electron chi connectivity index (χ3n) is 3.96. The van der Waals surface area contributed by atoms with Gasteiger partial charge in [-0.3, -0.25) is 0 Å². The molecular formula is C18H19FN2O2. The lowest BCUT2D eigenvalue weighted by Crippen LogP contribution is -2.40. The highest BCUT2D eigenvalue weighted by Crippen LogP contribution is 2.20. The van der Waals surface area contributed by atoms with E-state index in [0.29, 0.717) is 18.8 Å². The van der Waals surface area contributed by atoms with Gasteiger partial charge in [0.05, 0.1) is 12.7 Å². The van der Waals surface area contributed by atoms with E-state index in [9.17, 15) is 9.18 Å². The molecule has 0 saturated carbocycles. The van der Waals surface area contributed by atoms with Crippen LogP contribution in [0.25, 0.3) is 0 Å². The van der Waals surface area contributed by atoms with Crippen LogP contribution in [0.1, 0.15) is 11.1 Å². The van der Waals surface area contributed by atoms with Gasteiger partial charge in [-0.1, -0.05) is 24.3 Å². The van der Waals surface area contributed by atoms with E-state index in [2.05, 4.69) is 17.4 Å². The van der Waals surface area contributed by atoms with Crippen molar-refractivity contribution in [2.75, 3.05) is 18.9 Å². The first kappa shape index (κ1) is 15.5. The maximum Gasteiger partial charge on any atom is 0.321 e. The summed E-state index contributed by atoms with van der Waals surface area (Å²) in [7, 11) is 1.72. The van der Waals surface area contributed by atoms with Gasteiger partial charge in [-0.2, -0.15) is 0 Å². The molecule has 0 spiro atoms. The number of nitrogens with one attached hydrogen (secondary N) is 1. The Morgan fingerprint density at radius 2 is 1.91 bits per heavy atom. The van der Waals surface area contributed by atoms with Crippen LogP contribution in [0.3, 0.4) is 0 Å². The number of ether oxygens (including phenoxy) is 1. The normalized spacial score (nSPS) is 16.5. The second kappa shape index (κ2) is 6.79. The van der Waals surface area contributed by atoms with Crippen molar-refractivity contribution in [1.82, 2.24) is 4.90 Å². The van der Waals surface area contributed by atoms with E-state index in [1.54, 1.807) is 11.9 Å². The van der Waals surface area contributed by atoms with Gasteiger partial charge in [-0.25, -0.2) is 9.18 Å². The topological polar surface area (TPSA) is 41.6 Å². The lowest BCUT2D eigenvalue weighted by Gasteiger charge is -2.29. The summed E-state index contributed by atoms with van der Waals surface area (Å²) in [6.45, 7) is 1.08. The Morgan fingerprint density at radius 3 is 2.65 bits per heavy atom. The summed E-state index contributed by atoms with van der Waals surface area (Å²) in [6, 6.07) is 13.7. The van der Waals surface area contributed by atoms with Crippen LogP contribution in [0.5, 0.6) is 0 Å². The molecule has 0 fully saturated rings. The summed E-state index contributed by atoms with van der Waals surface area (Å²) in [5.41, 5.74) is 3.05. The van der Waals surface area contributed by atoms with Crippen molar-refractivity contribution in [3.05, 3.63) is 65.5 Å². The third kappa shape index (κ3) is 3.87. The van der Waals surface area contributed by atoms with Crippen LogP contribution < -0.4 is 5.32 Å². The van der Waals surface area contributed by atoms with Crippen LogP contribution in [-0.4, -0.2) is 30.6 Å². The molecule has 1 heterocycles. The van der Waals surface area contributed by atoms with Crippen molar-refractivity contribution in [1.29, 1.82) is 0 Å². The zero-order valence-electron chi connectivity index (χ0n) is 13.0. The van der Waals surface area contributed by atoms with Crippen molar-refractivity contribution < 1.29 is 13.9 Å². The largest absolute Gasteiger partial charge is 0.371 e. The Hall–Kier alpha value is -2.40. The number of carbonyl (C=O) groups is 1. The Balaban J connectivity index is 1.56. The first-order chi connectivity index (χ1) is 11.1. The Labute approximate surface area is 134 Å². The average Bonchev–Trinajstić information content (AvgIpc) is 2.56. The fourth-order valence-electron chi connectivity index (χ4n) is 2.67. The molecule has 23 heavy (non-hydrogen) atoms. The summed E-state index contributed by atoms with van der Waals surface area (Å²) < 4.78 is 18.7. The van der Waals surface area contributed by atoms with Gasteiger partial charge in [0.2, 0.25) is 0 Å². The van der Waals surface area contributed by atoms with Gasteiger partial charge in [-0.05, 0) is 35.4 Å². The molecule has 3 rings (SSSR count). The molecule has 1 aliphatic heterocycles. The number of rotatable bonds is 3. The van der Waals surface area contributed by atoms with Crippen LogP contribution in [-0.2, 0) is 17.8 Å². The molecule has 0 aromatic heterocycles. The fourth-order valence-corrected chi connectivity index (χ4v) is 2.67. The molecule has 0 radical (unpaired) electrons. The Morgan fingerprint density at radius 1 is 1.22 bits per heavy atom. The highest BCUT2D eigenvalue weighted by molar-refractivity contribution is 5.89. The zero-order chi connectivity index (χ0) is 16.2. The van der Waals surface area contributed by atoms with Gasteiger partial charge in [0.15, 0.2) is 0 Å². The van der Waals surface area contributed by atoms with E-state index < -0.39 is 0 Å². The molecule has 1 aliphatic rings. The average molecular weight is 314 g/mol. The summed E-state index contributed by atoms with van der Waals surface area (Å²) in [5, 5.41) is 2.74. The van der Waals surface area contributed by atoms with Crippen molar-refractivity contribution in [3.63, 3.8) is 0 Å². The molecule has 5 heteroatoms. The van der Waals surface area contributed by atoms with E-state index in [4.69, 9.17) is 4.74 Å². The van der Waals surface area contributed by atoms with E-state index in [1.165, 1.54) is 35.4 Å². The minimum absolute atomic E-state index is 0.0196. The van der Waals surface area contributed by atoms with Crippen LogP contribution in [0.4, 0.5) is 14.9 Å². The van der Waals surface area contributed by atoms with Gasteiger partial charge < -0.3 is 15.0 Å². The number of anilines is 1. The predicted molar refractivity (Wildman–Crippen MR) is 86.8 cm³/mol. The number of carbonyl (C=O) groups excluding carboxylic acids is 1. The monoisotopic (exact) mass is 314 g/mol. The number of likely N-dealkylation sites (N-methyl/N-ethyl adjacent to an activating group) is 1. The number of hydrogen-bond donors (Lipinski definition) is 1. The molecule has 1 N–H and O–H groups in total. The molecule has 2 amide bonds. The fraction of sp³-hybridized carbons (Fsp3) is 0.278. The molecule has 2 aromatic rings.